The first-order valence-electron chi connectivity index (χ1n) is 3.30. The molecule has 0 aromatic heterocycles. The van der Waals surface area contributed by atoms with E-state index in [1.165, 1.54) is 25.5 Å². The maximum Gasteiger partial charge on any atom is 0.0349 e. The van der Waals surface area contributed by atoms with E-state index in [0.717, 1.165) is 0 Å². The highest BCUT2D eigenvalue weighted by Gasteiger charge is 1.82. The molecule has 0 bridgehead atoms. The van der Waals surface area contributed by atoms with E-state index >= 15 is 0 Å². The van der Waals surface area contributed by atoms with Crippen LogP contribution in [0.25, 0.3) is 0 Å². The normalized spacial score (nSPS) is 21.0. The van der Waals surface area contributed by atoms with Crippen LogP contribution in [-0.2, 0) is 0 Å². The Balaban J connectivity index is 2.17. The van der Waals surface area contributed by atoms with E-state index in [0.29, 0.717) is 0 Å². The van der Waals surface area contributed by atoms with Gasteiger partial charge in [-0.3, -0.25) is 6.32 Å². The molecule has 41 valence electrons. The minimum Gasteiger partial charge on any atom is -0.348 e. The van der Waals surface area contributed by atoms with Crippen molar-refractivity contribution in [1.29, 1.82) is 0 Å². The van der Waals surface area contributed by atoms with Gasteiger partial charge in [0.25, 0.3) is 0 Å². The van der Waals surface area contributed by atoms with Crippen LogP contribution in [0.1, 0.15) is 12.8 Å². The minimum absolute atomic E-state index is 1.23. The van der Waals surface area contributed by atoms with Crippen LogP contribution in [0.5, 0.6) is 0 Å². The maximum absolute atomic E-state index is 2.27. The first-order chi connectivity index (χ1) is 4.00. The summed E-state index contributed by atoms with van der Waals surface area (Å²) in [5.74, 6) is 2.27. The monoisotopic (exact) mass is 104 g/mol. The van der Waals surface area contributed by atoms with Gasteiger partial charge in [-0.25, -0.2) is 6.32 Å². The summed E-state index contributed by atoms with van der Waals surface area (Å²) in [6.07, 6.45) is 7.20. The summed E-state index contributed by atoms with van der Waals surface area (Å²) in [5, 5.41) is 0. The Morgan fingerprint density at radius 2 is 2.38 bits per heavy atom. The molecule has 3 radical (unpaired) electrons. The third-order valence-corrected chi connectivity index (χ3v) is 1.33. The van der Waals surface area contributed by atoms with Crippen molar-refractivity contribution in [2.75, 3.05) is 0 Å². The summed E-state index contributed by atoms with van der Waals surface area (Å²) >= 11 is 0. The maximum atomic E-state index is 2.27. The van der Waals surface area contributed by atoms with E-state index in [9.17, 15) is 0 Å². The number of hydrogen-bond donors (Lipinski definition) is 0. The molecule has 8 heavy (non-hydrogen) atoms. The highest BCUT2D eigenvalue weighted by molar-refractivity contribution is 6.50. The predicted molar refractivity (Wildman–Crippen MR) is 40.7 cm³/mol. The van der Waals surface area contributed by atoms with Crippen LogP contribution in [0, 0.1) is 6.32 Å². The smallest absolute Gasteiger partial charge is 0.0349 e. The van der Waals surface area contributed by atoms with E-state index < -0.39 is 0 Å². The Morgan fingerprint density at radius 1 is 1.38 bits per heavy atom. The van der Waals surface area contributed by atoms with Gasteiger partial charge in [0.1, 0.15) is 0 Å². The van der Waals surface area contributed by atoms with Crippen LogP contribution < -0.4 is 0 Å². The molecule has 0 saturated heterocycles. The van der Waals surface area contributed by atoms with Crippen molar-refractivity contribution < 1.29 is 0 Å². The lowest BCUT2D eigenvalue weighted by Gasteiger charge is -2.11. The van der Waals surface area contributed by atoms with E-state index in [1.54, 1.807) is 0 Å². The van der Waals surface area contributed by atoms with Crippen molar-refractivity contribution in [3.05, 3.63) is 6.32 Å². The molecule has 0 aromatic rings. The molecule has 0 fully saturated rings. The van der Waals surface area contributed by atoms with Gasteiger partial charge in [-0.05, 0) is 13.7 Å². The SMILES string of the molecule is [B-]1[CH+]CCC=[B-]CC1. The topological polar surface area (TPSA) is 0 Å². The quantitative estimate of drug-likeness (QED) is 0.317. The van der Waals surface area contributed by atoms with Gasteiger partial charge in [-0.2, -0.15) is 6.32 Å². The second kappa shape index (κ2) is 3.82. The summed E-state index contributed by atoms with van der Waals surface area (Å²) in [6, 6.07) is 0. The summed E-state index contributed by atoms with van der Waals surface area (Å²) in [5.41, 5.74) is 0. The Morgan fingerprint density at radius 3 is 3.38 bits per heavy atom. The molecule has 1 aliphatic rings. The molecule has 1 heterocycles. The fourth-order valence-electron chi connectivity index (χ4n) is 0.856. The molecule has 0 aliphatic carbocycles. The largest absolute Gasteiger partial charge is 0.348 e. The van der Waals surface area contributed by atoms with Gasteiger partial charge in [0.15, 0.2) is 0 Å². The first kappa shape index (κ1) is 6.00. The lowest BCUT2D eigenvalue weighted by molar-refractivity contribution is 1.09. The molecule has 2 heteroatoms. The molecular formula is C6H10B2-. The predicted octanol–water partition coefficient (Wildman–Crippen LogP) is 0.989. The van der Waals surface area contributed by atoms with Gasteiger partial charge >= 0.3 is 0 Å². The molecule has 0 amide bonds. The van der Waals surface area contributed by atoms with Crippen molar-refractivity contribution in [3.63, 3.8) is 0 Å². The summed E-state index contributed by atoms with van der Waals surface area (Å²) in [7, 11) is 2.27. The molecule has 1 aliphatic heterocycles. The highest BCUT2D eigenvalue weighted by atomic mass is 13.8. The Hall–Kier alpha value is -0.130. The first-order valence-corrected chi connectivity index (χ1v) is 3.30. The Bertz CT molecular complexity index is 68.6. The minimum atomic E-state index is 1.23. The molecule has 1 rings (SSSR count). The van der Waals surface area contributed by atoms with Gasteiger partial charge in [0.05, 0.1) is 0 Å². The van der Waals surface area contributed by atoms with Crippen molar-refractivity contribution in [2.24, 2.45) is 0 Å². The van der Waals surface area contributed by atoms with Crippen LogP contribution >= 0.6 is 0 Å². The van der Waals surface area contributed by atoms with Crippen LogP contribution in [0.3, 0.4) is 0 Å². The van der Waals surface area contributed by atoms with Crippen LogP contribution in [-0.4, -0.2) is 20.2 Å². The van der Waals surface area contributed by atoms with Crippen LogP contribution in [0.2, 0.25) is 12.6 Å². The zero-order valence-electron chi connectivity index (χ0n) is 5.14. The van der Waals surface area contributed by atoms with E-state index in [2.05, 4.69) is 26.5 Å². The van der Waals surface area contributed by atoms with Crippen LogP contribution in [0.4, 0.5) is 0 Å². The van der Waals surface area contributed by atoms with E-state index in [1.807, 2.05) is 0 Å². The van der Waals surface area contributed by atoms with Gasteiger partial charge in [-0.1, -0.05) is 0 Å². The fraction of sp³-hybridized carbons (Fsp3) is 0.667. The molecule has 0 saturated carbocycles. The van der Waals surface area contributed by atoms with Crippen molar-refractivity contribution in [2.45, 2.75) is 25.5 Å². The van der Waals surface area contributed by atoms with Gasteiger partial charge in [-0.15, -0.1) is 0 Å². The summed E-state index contributed by atoms with van der Waals surface area (Å²) < 4.78 is 0. The van der Waals surface area contributed by atoms with Crippen molar-refractivity contribution >= 4 is 20.2 Å². The standard InChI is InChI=1S/C6H10B2/c1-2-4-8-6-5-7-3-1/h3-4H,1-2,5-6H2/q-1. The van der Waals surface area contributed by atoms with Crippen LogP contribution in [0.15, 0.2) is 0 Å². The average Bonchev–Trinajstić information content (AvgIpc) is 1.62. The molecule has 0 unspecified atom stereocenters. The third-order valence-electron chi connectivity index (χ3n) is 1.33. The average molecular weight is 104 g/mol. The molecular weight excluding hydrogens is 93.7 g/mol. The zero-order chi connectivity index (χ0) is 5.66. The zero-order valence-corrected chi connectivity index (χ0v) is 5.14. The number of hydrogen-bond acceptors (Lipinski definition) is 0. The summed E-state index contributed by atoms with van der Waals surface area (Å²) in [4.78, 5) is 0. The second-order valence-electron chi connectivity index (χ2n) is 2.10. The molecule has 0 aromatic carbocycles. The summed E-state index contributed by atoms with van der Waals surface area (Å²) in [6.45, 7) is 2.27. The molecule has 0 atom stereocenters. The lowest BCUT2D eigenvalue weighted by Crippen LogP contribution is -1.98. The van der Waals surface area contributed by atoms with Crippen molar-refractivity contribution in [1.82, 2.24) is 0 Å². The van der Waals surface area contributed by atoms with Gasteiger partial charge < -0.3 is 12.9 Å². The van der Waals surface area contributed by atoms with Crippen molar-refractivity contribution in [3.8, 4) is 0 Å². The highest BCUT2D eigenvalue weighted by Crippen LogP contribution is 1.97. The molecule has 0 spiro atoms. The van der Waals surface area contributed by atoms with Gasteiger partial charge in [0, 0.05) is 6.42 Å². The lowest BCUT2D eigenvalue weighted by atomic mass is 9.62. The Labute approximate surface area is 52.8 Å². The third kappa shape index (κ3) is 2.25. The second-order valence-corrected chi connectivity index (χ2v) is 2.10. The molecule has 0 N–H and O–H groups in total. The number of rotatable bonds is 0. The van der Waals surface area contributed by atoms with Gasteiger partial charge in [0.2, 0.25) is 0 Å². The molecule has 0 nitrogen and oxygen atoms in total. The van der Waals surface area contributed by atoms with E-state index in [4.69, 9.17) is 0 Å². The Kier molecular flexibility index (Phi) is 2.86. The van der Waals surface area contributed by atoms with E-state index in [-0.39, 0.29) is 0 Å². The fourth-order valence-corrected chi connectivity index (χ4v) is 0.856.